The smallest absolute Gasteiger partial charge is 0.246 e. The first-order chi connectivity index (χ1) is 11.6. The van der Waals surface area contributed by atoms with Crippen molar-refractivity contribution in [2.24, 2.45) is 5.73 Å². The number of rotatable bonds is 4. The zero-order valence-corrected chi connectivity index (χ0v) is 13.1. The Morgan fingerprint density at radius 3 is 2.96 bits per heavy atom. The lowest BCUT2D eigenvalue weighted by Gasteiger charge is -2.12. The van der Waals surface area contributed by atoms with E-state index >= 15 is 0 Å². The van der Waals surface area contributed by atoms with Gasteiger partial charge in [0.25, 0.3) is 0 Å². The average Bonchev–Trinajstić information content (AvgIpc) is 3.02. The van der Waals surface area contributed by atoms with Crippen LogP contribution in [0.5, 0.6) is 11.5 Å². The molecule has 1 atom stereocenters. The van der Waals surface area contributed by atoms with Gasteiger partial charge in [0.2, 0.25) is 5.91 Å². The van der Waals surface area contributed by atoms with Crippen LogP contribution in [0.2, 0.25) is 0 Å². The van der Waals surface area contributed by atoms with Crippen LogP contribution in [0.25, 0.3) is 6.08 Å². The maximum absolute atomic E-state index is 14.1. The summed E-state index contributed by atoms with van der Waals surface area (Å²) in [6, 6.07) is 7.99. The second kappa shape index (κ2) is 7.23. The maximum Gasteiger partial charge on any atom is 0.246 e. The van der Waals surface area contributed by atoms with Crippen molar-refractivity contribution >= 4 is 12.0 Å². The molecule has 0 radical (unpaired) electrons. The summed E-state index contributed by atoms with van der Waals surface area (Å²) in [6.45, 7) is 1.23. The maximum atomic E-state index is 14.1. The van der Waals surface area contributed by atoms with Crippen molar-refractivity contribution in [2.75, 3.05) is 13.1 Å². The van der Waals surface area contributed by atoms with Crippen LogP contribution in [-0.4, -0.2) is 34.9 Å². The monoisotopic (exact) mass is 327 g/mol. The van der Waals surface area contributed by atoms with Crippen molar-refractivity contribution in [3.8, 4) is 11.5 Å². The number of ether oxygens (including phenoxy) is 1. The zero-order chi connectivity index (χ0) is 16.9. The van der Waals surface area contributed by atoms with E-state index in [9.17, 15) is 9.18 Å². The summed E-state index contributed by atoms with van der Waals surface area (Å²) in [4.78, 5) is 17.6. The Kier molecular flexibility index (Phi) is 4.86. The summed E-state index contributed by atoms with van der Waals surface area (Å²) in [5.74, 6) is -0.0482. The van der Waals surface area contributed by atoms with E-state index in [2.05, 4.69) is 4.98 Å². The van der Waals surface area contributed by atoms with E-state index in [0.29, 0.717) is 24.4 Å². The highest BCUT2D eigenvalue weighted by atomic mass is 19.1. The average molecular weight is 327 g/mol. The molecule has 124 valence electrons. The number of pyridine rings is 1. The van der Waals surface area contributed by atoms with Crippen molar-refractivity contribution in [3.05, 3.63) is 60.2 Å². The van der Waals surface area contributed by atoms with Crippen LogP contribution in [0, 0.1) is 5.82 Å². The SMILES string of the molecule is NC1CCN(C(=O)C=Cc2ccc(Oc3cccnc3)c(F)c2)C1. The number of benzene rings is 1. The van der Waals surface area contributed by atoms with Gasteiger partial charge in [0.1, 0.15) is 5.75 Å². The van der Waals surface area contributed by atoms with E-state index in [1.165, 1.54) is 24.4 Å². The van der Waals surface area contributed by atoms with Crippen molar-refractivity contribution in [1.82, 2.24) is 9.88 Å². The van der Waals surface area contributed by atoms with Crippen LogP contribution in [0.15, 0.2) is 48.8 Å². The number of hydrogen-bond acceptors (Lipinski definition) is 4. The molecule has 0 aliphatic carbocycles. The van der Waals surface area contributed by atoms with Crippen molar-refractivity contribution < 1.29 is 13.9 Å². The Labute approximate surface area is 139 Å². The minimum Gasteiger partial charge on any atom is -0.453 e. The number of carbonyl (C=O) groups excluding carboxylic acids is 1. The van der Waals surface area contributed by atoms with E-state index in [0.717, 1.165) is 6.42 Å². The molecule has 1 saturated heterocycles. The van der Waals surface area contributed by atoms with E-state index < -0.39 is 5.82 Å². The molecule has 1 aliphatic rings. The molecular weight excluding hydrogens is 309 g/mol. The summed E-state index contributed by atoms with van der Waals surface area (Å²) < 4.78 is 19.6. The van der Waals surface area contributed by atoms with Gasteiger partial charge in [-0.1, -0.05) is 6.07 Å². The molecule has 1 aliphatic heterocycles. The number of halogens is 1. The predicted molar refractivity (Wildman–Crippen MR) is 88.9 cm³/mol. The lowest BCUT2D eigenvalue weighted by molar-refractivity contribution is -0.124. The van der Waals surface area contributed by atoms with Crippen LogP contribution < -0.4 is 10.5 Å². The Morgan fingerprint density at radius 1 is 1.42 bits per heavy atom. The Balaban J connectivity index is 1.66. The number of nitrogens with zero attached hydrogens (tertiary/aromatic N) is 2. The fraction of sp³-hybridized carbons (Fsp3) is 0.222. The van der Waals surface area contributed by atoms with E-state index in [4.69, 9.17) is 10.5 Å². The molecule has 3 rings (SSSR count). The van der Waals surface area contributed by atoms with E-state index in [1.54, 1.807) is 35.4 Å². The first-order valence-electron chi connectivity index (χ1n) is 7.72. The molecular formula is C18H18FN3O2. The largest absolute Gasteiger partial charge is 0.453 e. The fourth-order valence-corrected chi connectivity index (χ4v) is 2.50. The number of hydrogen-bond donors (Lipinski definition) is 1. The first kappa shape index (κ1) is 16.1. The van der Waals surface area contributed by atoms with Gasteiger partial charge in [0, 0.05) is 31.4 Å². The van der Waals surface area contributed by atoms with Gasteiger partial charge in [0.15, 0.2) is 11.6 Å². The molecule has 0 spiro atoms. The van der Waals surface area contributed by atoms with E-state index in [-0.39, 0.29) is 17.7 Å². The summed E-state index contributed by atoms with van der Waals surface area (Å²) in [5, 5.41) is 0. The van der Waals surface area contributed by atoms with Gasteiger partial charge < -0.3 is 15.4 Å². The molecule has 1 amide bonds. The number of aromatic nitrogens is 1. The molecule has 1 fully saturated rings. The number of carbonyl (C=O) groups is 1. The standard InChI is InChI=1S/C18H18FN3O2/c19-16-10-13(4-6-18(23)22-9-7-14(20)12-22)3-5-17(16)24-15-2-1-8-21-11-15/h1-6,8,10-11,14H,7,9,12,20H2. The molecule has 6 heteroatoms. The summed E-state index contributed by atoms with van der Waals surface area (Å²) in [6.07, 6.45) is 6.96. The van der Waals surface area contributed by atoms with Crippen molar-refractivity contribution in [2.45, 2.75) is 12.5 Å². The lowest BCUT2D eigenvalue weighted by Crippen LogP contribution is -2.30. The number of likely N-dealkylation sites (tertiary alicyclic amines) is 1. The van der Waals surface area contributed by atoms with Crippen molar-refractivity contribution in [1.29, 1.82) is 0 Å². The minimum atomic E-state index is -0.503. The number of nitrogens with two attached hydrogens (primary N) is 1. The third kappa shape index (κ3) is 3.97. The van der Waals surface area contributed by atoms with Crippen LogP contribution in [0.1, 0.15) is 12.0 Å². The summed E-state index contributed by atoms with van der Waals surface area (Å²) in [7, 11) is 0. The highest BCUT2D eigenvalue weighted by Crippen LogP contribution is 2.24. The van der Waals surface area contributed by atoms with Gasteiger partial charge in [-0.05, 0) is 42.3 Å². The van der Waals surface area contributed by atoms with Gasteiger partial charge in [-0.25, -0.2) is 4.39 Å². The Hall–Kier alpha value is -2.73. The molecule has 0 bridgehead atoms. The molecule has 1 aromatic carbocycles. The number of amides is 1. The molecule has 2 aromatic rings. The van der Waals surface area contributed by atoms with Crippen LogP contribution in [0.3, 0.4) is 0 Å². The van der Waals surface area contributed by atoms with Gasteiger partial charge in [0.05, 0.1) is 6.20 Å². The van der Waals surface area contributed by atoms with Crippen LogP contribution in [-0.2, 0) is 4.79 Å². The van der Waals surface area contributed by atoms with Gasteiger partial charge in [-0.2, -0.15) is 0 Å². The Morgan fingerprint density at radius 2 is 2.29 bits per heavy atom. The molecule has 0 saturated carbocycles. The highest BCUT2D eigenvalue weighted by Gasteiger charge is 2.21. The topological polar surface area (TPSA) is 68.5 Å². The van der Waals surface area contributed by atoms with Crippen LogP contribution >= 0.6 is 0 Å². The normalized spacial score (nSPS) is 17.4. The predicted octanol–water partition coefficient (Wildman–Crippen LogP) is 2.59. The van der Waals surface area contributed by atoms with Gasteiger partial charge in [-0.3, -0.25) is 9.78 Å². The second-order valence-electron chi connectivity index (χ2n) is 5.65. The molecule has 2 heterocycles. The van der Waals surface area contributed by atoms with Gasteiger partial charge in [-0.15, -0.1) is 0 Å². The van der Waals surface area contributed by atoms with E-state index in [1.807, 2.05) is 0 Å². The first-order valence-corrected chi connectivity index (χ1v) is 7.72. The molecule has 1 unspecified atom stereocenters. The quantitative estimate of drug-likeness (QED) is 0.877. The van der Waals surface area contributed by atoms with Crippen LogP contribution in [0.4, 0.5) is 4.39 Å². The highest BCUT2D eigenvalue weighted by molar-refractivity contribution is 5.92. The summed E-state index contributed by atoms with van der Waals surface area (Å²) in [5.41, 5.74) is 6.37. The molecule has 1 aromatic heterocycles. The third-order valence-corrected chi connectivity index (χ3v) is 3.77. The minimum absolute atomic E-state index is 0.0451. The molecule has 2 N–H and O–H groups in total. The summed E-state index contributed by atoms with van der Waals surface area (Å²) >= 11 is 0. The van der Waals surface area contributed by atoms with Crippen molar-refractivity contribution in [3.63, 3.8) is 0 Å². The Bertz CT molecular complexity index is 749. The van der Waals surface area contributed by atoms with Gasteiger partial charge >= 0.3 is 0 Å². The second-order valence-corrected chi connectivity index (χ2v) is 5.65. The zero-order valence-electron chi connectivity index (χ0n) is 13.1. The molecule has 5 nitrogen and oxygen atoms in total. The molecule has 24 heavy (non-hydrogen) atoms. The lowest BCUT2D eigenvalue weighted by atomic mass is 10.2. The third-order valence-electron chi connectivity index (χ3n) is 3.77. The fourth-order valence-electron chi connectivity index (χ4n) is 2.50.